The third-order valence-electron chi connectivity index (χ3n) is 3.76. The molecule has 98 valence electrons. The monoisotopic (exact) mass is 274 g/mol. The fourth-order valence-corrected chi connectivity index (χ4v) is 6.50. The first-order chi connectivity index (χ1) is 8.17. The van der Waals surface area contributed by atoms with Crippen molar-refractivity contribution >= 4 is 29.5 Å². The lowest BCUT2D eigenvalue weighted by molar-refractivity contribution is -0.151. The molecule has 0 amide bonds. The van der Waals surface area contributed by atoms with Gasteiger partial charge in [0.25, 0.3) is 0 Å². The van der Waals surface area contributed by atoms with Gasteiger partial charge in [-0.05, 0) is 50.0 Å². The predicted octanol–water partition coefficient (Wildman–Crippen LogP) is 3.55. The molecule has 4 heteroatoms. The summed E-state index contributed by atoms with van der Waals surface area (Å²) in [6, 6.07) is 0. The minimum Gasteiger partial charge on any atom is -0.466 e. The highest BCUT2D eigenvalue weighted by Gasteiger charge is 2.43. The Balaban J connectivity index is 1.94. The molecule has 2 nitrogen and oxygen atoms in total. The first-order valence-corrected chi connectivity index (χ1v) is 8.58. The molecule has 0 radical (unpaired) electrons. The highest BCUT2D eigenvalue weighted by molar-refractivity contribution is 8.18. The van der Waals surface area contributed by atoms with E-state index in [2.05, 4.69) is 30.4 Å². The number of thioether (sulfide) groups is 2. The van der Waals surface area contributed by atoms with Crippen LogP contribution in [0.1, 0.15) is 39.5 Å². The smallest absolute Gasteiger partial charge is 0.309 e. The molecule has 2 fully saturated rings. The number of ether oxygens (including phenoxy) is 1. The summed E-state index contributed by atoms with van der Waals surface area (Å²) in [5.74, 6) is 3.23. The van der Waals surface area contributed by atoms with Crippen LogP contribution in [0.3, 0.4) is 0 Å². The van der Waals surface area contributed by atoms with Gasteiger partial charge >= 0.3 is 5.97 Å². The Morgan fingerprint density at radius 1 is 1.41 bits per heavy atom. The third-order valence-corrected chi connectivity index (χ3v) is 7.25. The molecule has 1 saturated carbocycles. The second kappa shape index (κ2) is 5.87. The Kier molecular flexibility index (Phi) is 4.70. The van der Waals surface area contributed by atoms with Gasteiger partial charge in [0, 0.05) is 0 Å². The van der Waals surface area contributed by atoms with Crippen LogP contribution in [0, 0.1) is 11.8 Å². The van der Waals surface area contributed by atoms with E-state index in [0.29, 0.717) is 16.6 Å². The van der Waals surface area contributed by atoms with Gasteiger partial charge in [-0.15, -0.1) is 23.5 Å². The summed E-state index contributed by atoms with van der Waals surface area (Å²) >= 11 is 4.26. The molecule has 1 saturated heterocycles. The SMILES string of the molecule is CCOC(=O)C1CCC2(CC1C)SCCCS2. The zero-order chi connectivity index (χ0) is 12.3. The largest absolute Gasteiger partial charge is 0.466 e. The Morgan fingerprint density at radius 2 is 2.12 bits per heavy atom. The van der Waals surface area contributed by atoms with Crippen molar-refractivity contribution in [2.45, 2.75) is 43.6 Å². The standard InChI is InChI=1S/C13H22O2S2/c1-3-15-12(14)11-5-6-13(9-10(11)2)16-7-4-8-17-13/h10-11H,3-9H2,1-2H3. The van der Waals surface area contributed by atoms with Gasteiger partial charge in [0.15, 0.2) is 0 Å². The van der Waals surface area contributed by atoms with E-state index in [4.69, 9.17) is 4.74 Å². The molecule has 0 bridgehead atoms. The van der Waals surface area contributed by atoms with E-state index in [-0.39, 0.29) is 11.9 Å². The molecular weight excluding hydrogens is 252 g/mol. The molecule has 0 aromatic carbocycles. The van der Waals surface area contributed by atoms with Gasteiger partial charge in [-0.1, -0.05) is 6.92 Å². The van der Waals surface area contributed by atoms with Crippen molar-refractivity contribution in [1.29, 1.82) is 0 Å². The van der Waals surface area contributed by atoms with E-state index < -0.39 is 0 Å². The topological polar surface area (TPSA) is 26.3 Å². The Morgan fingerprint density at radius 3 is 2.71 bits per heavy atom. The van der Waals surface area contributed by atoms with Crippen LogP contribution in [0.5, 0.6) is 0 Å². The van der Waals surface area contributed by atoms with E-state index >= 15 is 0 Å². The molecule has 2 atom stereocenters. The summed E-state index contributed by atoms with van der Waals surface area (Å²) in [5.41, 5.74) is 0. The first kappa shape index (κ1) is 13.6. The maximum atomic E-state index is 11.8. The highest BCUT2D eigenvalue weighted by atomic mass is 32.2. The molecule has 1 heterocycles. The molecule has 2 aliphatic rings. The lowest BCUT2D eigenvalue weighted by Crippen LogP contribution is -2.38. The van der Waals surface area contributed by atoms with Gasteiger partial charge in [0.05, 0.1) is 16.6 Å². The van der Waals surface area contributed by atoms with E-state index in [1.54, 1.807) is 0 Å². The van der Waals surface area contributed by atoms with E-state index in [9.17, 15) is 4.79 Å². The number of hydrogen-bond acceptors (Lipinski definition) is 4. The summed E-state index contributed by atoms with van der Waals surface area (Å²) in [4.78, 5) is 11.8. The Labute approximate surface area is 113 Å². The van der Waals surface area contributed by atoms with Gasteiger partial charge in [-0.25, -0.2) is 0 Å². The normalized spacial score (nSPS) is 32.4. The van der Waals surface area contributed by atoms with Crippen LogP contribution < -0.4 is 0 Å². The van der Waals surface area contributed by atoms with Crippen molar-refractivity contribution in [3.05, 3.63) is 0 Å². The van der Waals surface area contributed by atoms with Crippen molar-refractivity contribution in [1.82, 2.24) is 0 Å². The van der Waals surface area contributed by atoms with Crippen LogP contribution in [0.2, 0.25) is 0 Å². The minimum atomic E-state index is 0.0284. The van der Waals surface area contributed by atoms with Gasteiger partial charge in [-0.3, -0.25) is 4.79 Å². The van der Waals surface area contributed by atoms with Crippen molar-refractivity contribution in [2.24, 2.45) is 11.8 Å². The molecule has 0 aromatic heterocycles. The second-order valence-electron chi connectivity index (χ2n) is 5.04. The average molecular weight is 274 g/mol. The molecule has 0 aromatic rings. The van der Waals surface area contributed by atoms with Gasteiger partial charge in [0.1, 0.15) is 0 Å². The molecule has 1 spiro atoms. The summed E-state index contributed by atoms with van der Waals surface area (Å²) in [6.07, 6.45) is 4.70. The van der Waals surface area contributed by atoms with Crippen LogP contribution >= 0.6 is 23.5 Å². The van der Waals surface area contributed by atoms with Crippen LogP contribution in [-0.4, -0.2) is 28.2 Å². The number of esters is 1. The van der Waals surface area contributed by atoms with Crippen LogP contribution in [0.4, 0.5) is 0 Å². The summed E-state index contributed by atoms with van der Waals surface area (Å²) in [6.45, 7) is 4.62. The van der Waals surface area contributed by atoms with Crippen LogP contribution in [0.25, 0.3) is 0 Å². The molecule has 17 heavy (non-hydrogen) atoms. The van der Waals surface area contributed by atoms with Crippen molar-refractivity contribution < 1.29 is 9.53 Å². The highest BCUT2D eigenvalue weighted by Crippen LogP contribution is 2.54. The number of carbonyl (C=O) groups is 1. The van der Waals surface area contributed by atoms with Gasteiger partial charge in [-0.2, -0.15) is 0 Å². The lowest BCUT2D eigenvalue weighted by atomic mass is 9.80. The maximum absolute atomic E-state index is 11.8. The Bertz CT molecular complexity index is 275. The molecule has 1 aliphatic carbocycles. The molecule has 2 unspecified atom stereocenters. The van der Waals surface area contributed by atoms with Gasteiger partial charge < -0.3 is 4.74 Å². The molecular formula is C13H22O2S2. The summed E-state index contributed by atoms with van der Waals surface area (Å²) < 4.78 is 5.59. The first-order valence-electron chi connectivity index (χ1n) is 6.61. The van der Waals surface area contributed by atoms with Crippen molar-refractivity contribution in [2.75, 3.05) is 18.1 Å². The quantitative estimate of drug-likeness (QED) is 0.719. The zero-order valence-corrected chi connectivity index (χ0v) is 12.4. The molecule has 2 rings (SSSR count). The van der Waals surface area contributed by atoms with E-state index in [1.807, 2.05) is 6.92 Å². The predicted molar refractivity (Wildman–Crippen MR) is 75.4 cm³/mol. The fourth-order valence-electron chi connectivity index (χ4n) is 2.87. The summed E-state index contributed by atoms with van der Waals surface area (Å²) in [7, 11) is 0. The summed E-state index contributed by atoms with van der Waals surface area (Å²) in [5, 5.41) is 0. The second-order valence-corrected chi connectivity index (χ2v) is 8.25. The van der Waals surface area contributed by atoms with E-state index in [0.717, 1.165) is 6.42 Å². The maximum Gasteiger partial charge on any atom is 0.309 e. The minimum absolute atomic E-state index is 0.0284. The number of hydrogen-bond donors (Lipinski definition) is 0. The Hall–Kier alpha value is 0.170. The zero-order valence-electron chi connectivity index (χ0n) is 10.7. The third kappa shape index (κ3) is 3.14. The fraction of sp³-hybridized carbons (Fsp3) is 0.923. The number of rotatable bonds is 2. The van der Waals surface area contributed by atoms with E-state index in [1.165, 1.54) is 30.8 Å². The number of carbonyl (C=O) groups excluding carboxylic acids is 1. The van der Waals surface area contributed by atoms with Crippen molar-refractivity contribution in [3.63, 3.8) is 0 Å². The van der Waals surface area contributed by atoms with Crippen LogP contribution in [-0.2, 0) is 9.53 Å². The lowest BCUT2D eigenvalue weighted by Gasteiger charge is -2.44. The molecule has 0 N–H and O–H groups in total. The van der Waals surface area contributed by atoms with Crippen LogP contribution in [0.15, 0.2) is 0 Å². The van der Waals surface area contributed by atoms with Gasteiger partial charge in [0.2, 0.25) is 0 Å². The molecule has 1 aliphatic heterocycles. The average Bonchev–Trinajstić information content (AvgIpc) is 2.30. The van der Waals surface area contributed by atoms with Crippen molar-refractivity contribution in [3.8, 4) is 0 Å².